The Morgan fingerprint density at radius 2 is 2.12 bits per heavy atom. The van der Waals surface area contributed by atoms with Crippen molar-refractivity contribution in [1.29, 1.82) is 0 Å². The van der Waals surface area contributed by atoms with Crippen LogP contribution >= 0.6 is 0 Å². The average Bonchev–Trinajstić information content (AvgIpc) is 2.71. The predicted molar refractivity (Wildman–Crippen MR) is 62.2 cm³/mol. The molecule has 0 aliphatic heterocycles. The van der Waals surface area contributed by atoms with Crippen LogP contribution in [-0.4, -0.2) is 15.9 Å². The Morgan fingerprint density at radius 1 is 1.29 bits per heavy atom. The van der Waals surface area contributed by atoms with Crippen LogP contribution in [0.3, 0.4) is 0 Å². The first-order valence-electron chi connectivity index (χ1n) is 5.96. The average molecular weight is 236 g/mol. The van der Waals surface area contributed by atoms with E-state index in [0.717, 1.165) is 17.5 Å². The van der Waals surface area contributed by atoms with Gasteiger partial charge >= 0.3 is 0 Å². The Bertz CT molecular complexity index is 500. The number of alkyl halides is 2. The molecule has 3 rings (SSSR count). The zero-order valence-corrected chi connectivity index (χ0v) is 9.42. The number of fused-ring (bicyclic) bond motifs is 1. The van der Waals surface area contributed by atoms with Gasteiger partial charge in [0.05, 0.1) is 11.0 Å². The van der Waals surface area contributed by atoms with E-state index >= 15 is 0 Å². The molecule has 0 bridgehead atoms. The zero-order valence-electron chi connectivity index (χ0n) is 9.42. The van der Waals surface area contributed by atoms with E-state index in [1.807, 2.05) is 24.3 Å². The largest absolute Gasteiger partial charge is 0.342 e. The predicted octanol–water partition coefficient (Wildman–Crippen LogP) is 3.86. The number of para-hydroxylation sites is 2. The number of nitrogens with zero attached hydrogens (tertiary/aromatic N) is 1. The molecule has 1 atom stereocenters. The van der Waals surface area contributed by atoms with Crippen molar-refractivity contribution in [3.63, 3.8) is 0 Å². The minimum atomic E-state index is -2.53. The van der Waals surface area contributed by atoms with Gasteiger partial charge in [-0.1, -0.05) is 12.1 Å². The van der Waals surface area contributed by atoms with Gasteiger partial charge in [-0.15, -0.1) is 0 Å². The maximum atomic E-state index is 13.4. The van der Waals surface area contributed by atoms with Gasteiger partial charge in [-0.05, 0) is 25.0 Å². The summed E-state index contributed by atoms with van der Waals surface area (Å²) >= 11 is 0. The highest BCUT2D eigenvalue weighted by Crippen LogP contribution is 2.41. The van der Waals surface area contributed by atoms with Crippen LogP contribution in [0.25, 0.3) is 11.0 Å². The minimum absolute atomic E-state index is 0.0176. The first kappa shape index (κ1) is 10.7. The maximum Gasteiger partial charge on any atom is 0.248 e. The van der Waals surface area contributed by atoms with Gasteiger partial charge in [-0.3, -0.25) is 0 Å². The van der Waals surface area contributed by atoms with E-state index in [0.29, 0.717) is 12.2 Å². The normalized spacial score (nSPS) is 24.0. The van der Waals surface area contributed by atoms with Crippen molar-refractivity contribution in [1.82, 2.24) is 9.97 Å². The summed E-state index contributed by atoms with van der Waals surface area (Å²) in [4.78, 5) is 7.57. The number of benzene rings is 1. The van der Waals surface area contributed by atoms with Crippen molar-refractivity contribution >= 4 is 11.0 Å². The third-order valence-electron chi connectivity index (χ3n) is 3.43. The molecule has 1 fully saturated rings. The zero-order chi connectivity index (χ0) is 11.9. The Balaban J connectivity index is 1.93. The Morgan fingerprint density at radius 3 is 2.88 bits per heavy atom. The number of aromatic amines is 1. The van der Waals surface area contributed by atoms with E-state index in [9.17, 15) is 8.78 Å². The second-order valence-corrected chi connectivity index (χ2v) is 4.79. The molecule has 1 saturated carbocycles. The Kier molecular flexibility index (Phi) is 2.38. The van der Waals surface area contributed by atoms with E-state index in [-0.39, 0.29) is 18.8 Å². The summed E-state index contributed by atoms with van der Waals surface area (Å²) in [7, 11) is 0. The summed E-state index contributed by atoms with van der Waals surface area (Å²) in [6, 6.07) is 7.64. The second kappa shape index (κ2) is 3.79. The molecule has 1 N–H and O–H groups in total. The van der Waals surface area contributed by atoms with Crippen molar-refractivity contribution in [3.8, 4) is 0 Å². The van der Waals surface area contributed by atoms with Gasteiger partial charge in [-0.25, -0.2) is 13.8 Å². The van der Waals surface area contributed by atoms with Crippen molar-refractivity contribution < 1.29 is 8.78 Å². The van der Waals surface area contributed by atoms with E-state index in [1.54, 1.807) is 0 Å². The standard InChI is InChI=1S/C13H14F2N2/c14-13(15)7-3-4-9(8-13)12-16-10-5-1-2-6-11(10)17-12/h1-2,5-6,9H,3-4,7-8H2,(H,16,17). The van der Waals surface area contributed by atoms with Crippen molar-refractivity contribution in [3.05, 3.63) is 30.1 Å². The first-order chi connectivity index (χ1) is 8.14. The van der Waals surface area contributed by atoms with Crippen LogP contribution in [0.2, 0.25) is 0 Å². The number of nitrogens with one attached hydrogen (secondary N) is 1. The van der Waals surface area contributed by atoms with Crippen LogP contribution in [0.4, 0.5) is 8.78 Å². The topological polar surface area (TPSA) is 28.7 Å². The third kappa shape index (κ3) is 2.04. The molecule has 0 amide bonds. The molecule has 2 aromatic rings. The molecule has 1 aromatic heterocycles. The van der Waals surface area contributed by atoms with Crippen LogP contribution in [0.5, 0.6) is 0 Å². The molecule has 0 radical (unpaired) electrons. The summed E-state index contributed by atoms with van der Waals surface area (Å²) in [6.07, 6.45) is 1.32. The number of H-pyrrole nitrogens is 1. The van der Waals surface area contributed by atoms with Crippen molar-refractivity contribution in [2.75, 3.05) is 0 Å². The lowest BCUT2D eigenvalue weighted by molar-refractivity contribution is -0.0416. The quantitative estimate of drug-likeness (QED) is 0.800. The number of hydrogen-bond donors (Lipinski definition) is 1. The molecule has 1 heterocycles. The number of rotatable bonds is 1. The molecule has 1 aliphatic rings. The van der Waals surface area contributed by atoms with Crippen LogP contribution in [0.15, 0.2) is 24.3 Å². The monoisotopic (exact) mass is 236 g/mol. The number of hydrogen-bond acceptors (Lipinski definition) is 1. The second-order valence-electron chi connectivity index (χ2n) is 4.79. The van der Waals surface area contributed by atoms with Gasteiger partial charge in [-0.2, -0.15) is 0 Å². The number of aromatic nitrogens is 2. The molecule has 1 aliphatic carbocycles. The van der Waals surface area contributed by atoms with Crippen LogP contribution in [0, 0.1) is 0 Å². The van der Waals surface area contributed by atoms with E-state index in [4.69, 9.17) is 0 Å². The fraction of sp³-hybridized carbons (Fsp3) is 0.462. The molecule has 0 saturated heterocycles. The van der Waals surface area contributed by atoms with Crippen molar-refractivity contribution in [2.45, 2.75) is 37.5 Å². The smallest absolute Gasteiger partial charge is 0.248 e. The van der Waals surface area contributed by atoms with E-state index < -0.39 is 5.92 Å². The highest BCUT2D eigenvalue weighted by atomic mass is 19.3. The van der Waals surface area contributed by atoms with E-state index in [2.05, 4.69) is 9.97 Å². The molecule has 90 valence electrons. The third-order valence-corrected chi connectivity index (χ3v) is 3.43. The SMILES string of the molecule is FC1(F)CCCC(c2nc3ccccc3[nH]2)C1. The van der Waals surface area contributed by atoms with E-state index in [1.165, 1.54) is 0 Å². The summed E-state index contributed by atoms with van der Waals surface area (Å²) in [5, 5.41) is 0. The molecule has 4 heteroatoms. The van der Waals surface area contributed by atoms with Gasteiger partial charge in [0.1, 0.15) is 5.82 Å². The number of imidazole rings is 1. The van der Waals surface area contributed by atoms with Crippen LogP contribution in [-0.2, 0) is 0 Å². The molecule has 2 nitrogen and oxygen atoms in total. The van der Waals surface area contributed by atoms with Gasteiger partial charge in [0.2, 0.25) is 5.92 Å². The van der Waals surface area contributed by atoms with Crippen LogP contribution in [0.1, 0.15) is 37.4 Å². The lowest BCUT2D eigenvalue weighted by Crippen LogP contribution is -2.25. The van der Waals surface area contributed by atoms with Gasteiger partial charge < -0.3 is 4.98 Å². The fourth-order valence-electron chi connectivity index (χ4n) is 2.57. The molecular weight excluding hydrogens is 222 g/mol. The van der Waals surface area contributed by atoms with Gasteiger partial charge in [0.25, 0.3) is 0 Å². The summed E-state index contributed by atoms with van der Waals surface area (Å²) in [5.41, 5.74) is 1.78. The highest BCUT2D eigenvalue weighted by Gasteiger charge is 2.37. The molecule has 17 heavy (non-hydrogen) atoms. The summed E-state index contributed by atoms with van der Waals surface area (Å²) < 4.78 is 26.7. The summed E-state index contributed by atoms with van der Waals surface area (Å²) in [6.45, 7) is 0. The Hall–Kier alpha value is -1.45. The number of halogens is 2. The Labute approximate surface area is 98.1 Å². The molecule has 1 aromatic carbocycles. The first-order valence-corrected chi connectivity index (χ1v) is 5.96. The summed E-state index contributed by atoms with van der Waals surface area (Å²) in [5.74, 6) is -1.95. The van der Waals surface area contributed by atoms with Crippen LogP contribution < -0.4 is 0 Å². The van der Waals surface area contributed by atoms with Gasteiger partial charge in [0.15, 0.2) is 0 Å². The highest BCUT2D eigenvalue weighted by molar-refractivity contribution is 5.74. The molecule has 0 spiro atoms. The lowest BCUT2D eigenvalue weighted by Gasteiger charge is -2.27. The van der Waals surface area contributed by atoms with Crippen molar-refractivity contribution in [2.24, 2.45) is 0 Å². The van der Waals surface area contributed by atoms with Gasteiger partial charge in [0, 0.05) is 18.8 Å². The lowest BCUT2D eigenvalue weighted by atomic mass is 9.86. The fourth-order valence-corrected chi connectivity index (χ4v) is 2.57. The maximum absolute atomic E-state index is 13.4. The minimum Gasteiger partial charge on any atom is -0.342 e. The molecule has 1 unspecified atom stereocenters. The molecular formula is C13H14F2N2.